The number of rotatable bonds is 2. The highest BCUT2D eigenvalue weighted by Crippen LogP contribution is 2.34. The van der Waals surface area contributed by atoms with Crippen molar-refractivity contribution in [1.82, 2.24) is 4.98 Å². The van der Waals surface area contributed by atoms with Gasteiger partial charge in [0, 0.05) is 27.8 Å². The maximum absolute atomic E-state index is 13.0. The van der Waals surface area contributed by atoms with Gasteiger partial charge in [-0.15, -0.1) is 0 Å². The Labute approximate surface area is 160 Å². The van der Waals surface area contributed by atoms with Gasteiger partial charge in [0.1, 0.15) is 0 Å². The van der Waals surface area contributed by atoms with E-state index in [2.05, 4.69) is 10.3 Å². The second-order valence-electron chi connectivity index (χ2n) is 6.20. The first-order valence-corrected chi connectivity index (χ1v) is 8.15. The van der Waals surface area contributed by atoms with Gasteiger partial charge in [-0.3, -0.25) is 4.98 Å². The van der Waals surface area contributed by atoms with E-state index in [1.807, 2.05) is 49.4 Å². The summed E-state index contributed by atoms with van der Waals surface area (Å²) in [6, 6.07) is 18.9. The van der Waals surface area contributed by atoms with Crippen LogP contribution in [0.1, 0.15) is 11.3 Å². The molecule has 0 radical (unpaired) electrons. The van der Waals surface area contributed by atoms with E-state index in [9.17, 15) is 13.2 Å². The summed E-state index contributed by atoms with van der Waals surface area (Å²) in [5, 5.41) is 6.08. The van der Waals surface area contributed by atoms with E-state index in [1.54, 1.807) is 6.07 Å². The Hall–Kier alpha value is -2.79. The number of aromatic nitrogens is 1. The van der Waals surface area contributed by atoms with Crippen LogP contribution in [0.3, 0.4) is 0 Å². The number of benzene rings is 3. The highest BCUT2D eigenvalue weighted by Gasteiger charge is 2.30. The first-order valence-electron chi connectivity index (χ1n) is 8.15. The molecule has 1 N–H and O–H groups in total. The molecule has 0 aliphatic heterocycles. The molecule has 0 amide bonds. The Morgan fingerprint density at radius 1 is 0.852 bits per heavy atom. The molecule has 0 fully saturated rings. The molecule has 0 saturated heterocycles. The molecule has 0 saturated carbocycles. The van der Waals surface area contributed by atoms with Crippen LogP contribution in [0, 0.1) is 6.92 Å². The maximum Gasteiger partial charge on any atom is 0.416 e. The van der Waals surface area contributed by atoms with E-state index >= 15 is 0 Å². The summed E-state index contributed by atoms with van der Waals surface area (Å²) >= 11 is 0. The number of aryl methyl sites for hydroxylation is 1. The third-order valence-corrected chi connectivity index (χ3v) is 4.30. The number of pyridine rings is 1. The van der Waals surface area contributed by atoms with Crippen molar-refractivity contribution in [3.8, 4) is 0 Å². The zero-order valence-corrected chi connectivity index (χ0v) is 15.1. The lowest BCUT2D eigenvalue weighted by molar-refractivity contribution is -0.137. The molecular weight excluding hydrogens is 373 g/mol. The monoisotopic (exact) mass is 387 g/mol. The molecule has 4 rings (SSSR count). The third kappa shape index (κ3) is 3.69. The predicted molar refractivity (Wildman–Crippen MR) is 98.7 cm³/mol. The molecule has 0 bridgehead atoms. The molecule has 0 spiro atoms. The number of halogens is 4. The molecule has 4 aromatic rings. The van der Waals surface area contributed by atoms with Crippen LogP contribution in [0.4, 0.5) is 24.5 Å². The summed E-state index contributed by atoms with van der Waals surface area (Å²) in [6.45, 7) is 1.87. The molecule has 0 atom stereocenters. The summed E-state index contributed by atoms with van der Waals surface area (Å²) in [7, 11) is 0. The number of hydrogen-bond donors (Lipinski definition) is 1. The highest BCUT2D eigenvalue weighted by molar-refractivity contribution is 6.09. The molecule has 3 aromatic carbocycles. The molecule has 6 heteroatoms. The van der Waals surface area contributed by atoms with E-state index < -0.39 is 11.7 Å². The quantitative estimate of drug-likeness (QED) is 0.533. The van der Waals surface area contributed by atoms with Gasteiger partial charge in [-0.1, -0.05) is 42.5 Å². The average molecular weight is 388 g/mol. The number of fused-ring (bicyclic) bond motifs is 3. The first kappa shape index (κ1) is 19.0. The Morgan fingerprint density at radius 3 is 2.41 bits per heavy atom. The maximum atomic E-state index is 13.0. The van der Waals surface area contributed by atoms with E-state index in [-0.39, 0.29) is 12.4 Å². The fraction of sp³-hybridized carbons (Fsp3) is 0.0952. The van der Waals surface area contributed by atoms with Crippen LogP contribution in [0.5, 0.6) is 0 Å². The van der Waals surface area contributed by atoms with Crippen LogP contribution in [0.2, 0.25) is 0 Å². The molecular formula is C21H15ClF3N2-. The molecule has 1 aromatic heterocycles. The molecule has 27 heavy (non-hydrogen) atoms. The standard InChI is InChI=1S/C21H15F3N2.ClH/c1-13-11-19(26-16-7-4-6-15(12-16)21(22,23)24)18-10-9-14-5-2-3-8-17(14)20(18)25-13;/h2-12H,1H3,(H,25,26);1H/p-1. The zero-order chi connectivity index (χ0) is 18.3. The Morgan fingerprint density at radius 2 is 1.63 bits per heavy atom. The van der Waals surface area contributed by atoms with Gasteiger partial charge in [-0.05, 0) is 36.6 Å². The predicted octanol–water partition coefficient (Wildman–Crippen LogP) is 3.46. The topological polar surface area (TPSA) is 24.9 Å². The van der Waals surface area contributed by atoms with Crippen LogP contribution in [-0.2, 0) is 6.18 Å². The minimum Gasteiger partial charge on any atom is -1.00 e. The second-order valence-corrected chi connectivity index (χ2v) is 6.20. The van der Waals surface area contributed by atoms with Gasteiger partial charge in [0.2, 0.25) is 0 Å². The fourth-order valence-electron chi connectivity index (χ4n) is 3.12. The molecule has 2 nitrogen and oxygen atoms in total. The molecule has 0 aliphatic rings. The van der Waals surface area contributed by atoms with Crippen molar-refractivity contribution >= 4 is 33.1 Å². The van der Waals surface area contributed by atoms with Crippen LogP contribution in [-0.4, -0.2) is 4.98 Å². The van der Waals surface area contributed by atoms with Crippen molar-refractivity contribution in [2.24, 2.45) is 0 Å². The van der Waals surface area contributed by atoms with Crippen LogP contribution < -0.4 is 17.7 Å². The number of hydrogen-bond acceptors (Lipinski definition) is 2. The van der Waals surface area contributed by atoms with Gasteiger partial charge in [0.25, 0.3) is 0 Å². The Bertz CT molecular complexity index is 1120. The third-order valence-electron chi connectivity index (χ3n) is 4.30. The average Bonchev–Trinajstić information content (AvgIpc) is 2.61. The van der Waals surface area contributed by atoms with Crippen molar-refractivity contribution in [3.63, 3.8) is 0 Å². The van der Waals surface area contributed by atoms with Crippen molar-refractivity contribution in [2.75, 3.05) is 5.32 Å². The normalized spacial score (nSPS) is 11.4. The summed E-state index contributed by atoms with van der Waals surface area (Å²) < 4.78 is 38.9. The van der Waals surface area contributed by atoms with Gasteiger partial charge in [0.15, 0.2) is 0 Å². The van der Waals surface area contributed by atoms with E-state index in [4.69, 9.17) is 0 Å². The lowest BCUT2D eigenvalue weighted by Gasteiger charge is -2.14. The molecule has 0 unspecified atom stereocenters. The second kappa shape index (κ2) is 7.08. The largest absolute Gasteiger partial charge is 1.00 e. The summed E-state index contributed by atoms with van der Waals surface area (Å²) in [5.41, 5.74) is 2.07. The van der Waals surface area contributed by atoms with Gasteiger partial charge >= 0.3 is 6.18 Å². The van der Waals surface area contributed by atoms with E-state index in [0.29, 0.717) is 5.69 Å². The number of anilines is 2. The number of nitrogens with one attached hydrogen (secondary N) is 1. The first-order chi connectivity index (χ1) is 12.4. The molecule has 138 valence electrons. The molecule has 0 aliphatic carbocycles. The van der Waals surface area contributed by atoms with Gasteiger partial charge < -0.3 is 17.7 Å². The minimum absolute atomic E-state index is 0. The highest BCUT2D eigenvalue weighted by atomic mass is 35.5. The van der Waals surface area contributed by atoms with Crippen molar-refractivity contribution in [1.29, 1.82) is 0 Å². The van der Waals surface area contributed by atoms with Crippen molar-refractivity contribution < 1.29 is 25.6 Å². The van der Waals surface area contributed by atoms with Crippen molar-refractivity contribution in [3.05, 3.63) is 78.0 Å². The van der Waals surface area contributed by atoms with Crippen molar-refractivity contribution in [2.45, 2.75) is 13.1 Å². The summed E-state index contributed by atoms with van der Waals surface area (Å²) in [5.74, 6) is 0. The zero-order valence-electron chi connectivity index (χ0n) is 14.3. The smallest absolute Gasteiger partial charge is 0.416 e. The number of nitrogens with zero attached hydrogens (tertiary/aromatic N) is 1. The summed E-state index contributed by atoms with van der Waals surface area (Å²) in [6.07, 6.45) is -4.37. The van der Waals surface area contributed by atoms with Crippen LogP contribution >= 0.6 is 0 Å². The SMILES string of the molecule is Cc1cc(Nc2cccc(C(F)(F)F)c2)c2ccc3ccccc3c2n1.[Cl-]. The lowest BCUT2D eigenvalue weighted by atomic mass is 10.0. The summed E-state index contributed by atoms with van der Waals surface area (Å²) in [4.78, 5) is 4.64. The Kier molecular flexibility index (Phi) is 4.98. The van der Waals surface area contributed by atoms with Gasteiger partial charge in [-0.2, -0.15) is 13.2 Å². The van der Waals surface area contributed by atoms with Gasteiger partial charge in [-0.25, -0.2) is 0 Å². The minimum atomic E-state index is -4.37. The number of alkyl halides is 3. The van der Waals surface area contributed by atoms with Gasteiger partial charge in [0.05, 0.1) is 11.1 Å². The van der Waals surface area contributed by atoms with E-state index in [1.165, 1.54) is 6.07 Å². The fourth-order valence-corrected chi connectivity index (χ4v) is 3.12. The van der Waals surface area contributed by atoms with E-state index in [0.717, 1.165) is 45.2 Å². The Balaban J connectivity index is 0.00000210. The lowest BCUT2D eigenvalue weighted by Crippen LogP contribution is -3.00. The van der Waals surface area contributed by atoms with Crippen LogP contribution in [0.25, 0.3) is 21.7 Å². The molecule has 1 heterocycles. The van der Waals surface area contributed by atoms with Crippen LogP contribution in [0.15, 0.2) is 66.7 Å².